The van der Waals surface area contributed by atoms with Crippen molar-refractivity contribution in [1.82, 2.24) is 10.3 Å². The van der Waals surface area contributed by atoms with Crippen LogP contribution in [-0.4, -0.2) is 11.5 Å². The first-order valence-electron chi connectivity index (χ1n) is 5.45. The van der Waals surface area contributed by atoms with E-state index in [0.29, 0.717) is 0 Å². The minimum absolute atomic E-state index is 0.218. The molecule has 1 heterocycles. The van der Waals surface area contributed by atoms with Gasteiger partial charge in [-0.3, -0.25) is 0 Å². The zero-order valence-corrected chi connectivity index (χ0v) is 9.34. The molecule has 0 aromatic carbocycles. The molecule has 1 aromatic heterocycles. The van der Waals surface area contributed by atoms with E-state index in [1.54, 1.807) is 0 Å². The Hall–Kier alpha value is -0.830. The Morgan fingerprint density at radius 2 is 2.29 bits per heavy atom. The Morgan fingerprint density at radius 1 is 1.50 bits per heavy atom. The quantitative estimate of drug-likeness (QED) is 0.760. The molecule has 0 aliphatic heterocycles. The molecule has 0 amide bonds. The largest absolute Gasteiger partial charge is 0.444 e. The lowest BCUT2D eigenvalue weighted by molar-refractivity contribution is 0.396. The molecule has 3 nitrogen and oxygen atoms in total. The lowest BCUT2D eigenvalue weighted by Gasteiger charge is -2.06. The van der Waals surface area contributed by atoms with Crippen LogP contribution in [-0.2, 0) is 6.42 Å². The number of nitrogens with zero attached hydrogens (tertiary/aromatic N) is 1. The van der Waals surface area contributed by atoms with E-state index in [-0.39, 0.29) is 6.04 Å². The number of unbranched alkanes of at least 4 members (excludes halogenated alkanes) is 1. The number of aryl methyl sites for hydroxylation is 1. The maximum atomic E-state index is 5.63. The Balaban J connectivity index is 2.49. The maximum Gasteiger partial charge on any atom is 0.211 e. The summed E-state index contributed by atoms with van der Waals surface area (Å²) in [5.41, 5.74) is 0. The van der Waals surface area contributed by atoms with E-state index in [9.17, 15) is 0 Å². The molecule has 0 radical (unpaired) electrons. The lowest BCUT2D eigenvalue weighted by atomic mass is 10.2. The van der Waals surface area contributed by atoms with Gasteiger partial charge in [-0.2, -0.15) is 0 Å². The van der Waals surface area contributed by atoms with Gasteiger partial charge in [-0.1, -0.05) is 20.3 Å². The normalized spacial score (nSPS) is 13.1. The van der Waals surface area contributed by atoms with Crippen LogP contribution in [0.25, 0.3) is 0 Å². The number of oxazole rings is 1. The van der Waals surface area contributed by atoms with Crippen LogP contribution in [0.4, 0.5) is 0 Å². The van der Waals surface area contributed by atoms with Gasteiger partial charge in [-0.25, -0.2) is 4.98 Å². The average molecular weight is 196 g/mol. The van der Waals surface area contributed by atoms with Crippen LogP contribution < -0.4 is 5.32 Å². The van der Waals surface area contributed by atoms with E-state index in [1.807, 2.05) is 6.20 Å². The summed E-state index contributed by atoms with van der Waals surface area (Å²) < 4.78 is 5.63. The number of aromatic nitrogens is 1. The summed E-state index contributed by atoms with van der Waals surface area (Å²) in [5, 5.41) is 3.27. The Morgan fingerprint density at radius 3 is 2.93 bits per heavy atom. The molecule has 0 aliphatic rings. The van der Waals surface area contributed by atoms with Crippen molar-refractivity contribution in [1.29, 1.82) is 0 Å². The van der Waals surface area contributed by atoms with Crippen LogP contribution in [0, 0.1) is 0 Å². The van der Waals surface area contributed by atoms with E-state index < -0.39 is 0 Å². The van der Waals surface area contributed by atoms with Crippen molar-refractivity contribution >= 4 is 0 Å². The van der Waals surface area contributed by atoms with Gasteiger partial charge < -0.3 is 9.73 Å². The zero-order chi connectivity index (χ0) is 10.4. The van der Waals surface area contributed by atoms with Gasteiger partial charge in [0.2, 0.25) is 5.89 Å². The van der Waals surface area contributed by atoms with E-state index in [0.717, 1.165) is 24.6 Å². The van der Waals surface area contributed by atoms with Crippen molar-refractivity contribution in [3.05, 3.63) is 17.8 Å². The Bertz CT molecular complexity index is 258. The molecule has 1 N–H and O–H groups in total. The summed E-state index contributed by atoms with van der Waals surface area (Å²) in [6.45, 7) is 7.27. The molecule has 80 valence electrons. The fourth-order valence-electron chi connectivity index (χ4n) is 1.38. The summed E-state index contributed by atoms with van der Waals surface area (Å²) in [7, 11) is 0. The molecule has 0 bridgehead atoms. The van der Waals surface area contributed by atoms with Gasteiger partial charge in [0.1, 0.15) is 5.76 Å². The molecular weight excluding hydrogens is 176 g/mol. The SMILES string of the molecule is CCCCc1cnc(C(C)NCC)o1. The van der Waals surface area contributed by atoms with Crippen molar-refractivity contribution in [2.75, 3.05) is 6.54 Å². The Kier molecular flexibility index (Phi) is 4.66. The van der Waals surface area contributed by atoms with Crippen molar-refractivity contribution in [3.8, 4) is 0 Å². The summed E-state index contributed by atoms with van der Waals surface area (Å²) >= 11 is 0. The summed E-state index contributed by atoms with van der Waals surface area (Å²) in [4.78, 5) is 4.26. The van der Waals surface area contributed by atoms with Gasteiger partial charge in [0, 0.05) is 6.42 Å². The fourth-order valence-corrected chi connectivity index (χ4v) is 1.38. The first-order valence-corrected chi connectivity index (χ1v) is 5.45. The van der Waals surface area contributed by atoms with Crippen LogP contribution in [0.2, 0.25) is 0 Å². The highest BCUT2D eigenvalue weighted by Gasteiger charge is 2.10. The van der Waals surface area contributed by atoms with E-state index in [1.165, 1.54) is 12.8 Å². The van der Waals surface area contributed by atoms with E-state index in [4.69, 9.17) is 4.42 Å². The summed E-state index contributed by atoms with van der Waals surface area (Å²) in [6.07, 6.45) is 5.21. The second-order valence-corrected chi connectivity index (χ2v) is 3.55. The van der Waals surface area contributed by atoms with Crippen molar-refractivity contribution in [3.63, 3.8) is 0 Å². The number of hydrogen-bond acceptors (Lipinski definition) is 3. The topological polar surface area (TPSA) is 38.1 Å². The van der Waals surface area contributed by atoms with Gasteiger partial charge in [-0.05, 0) is 19.9 Å². The van der Waals surface area contributed by atoms with Gasteiger partial charge >= 0.3 is 0 Å². The summed E-state index contributed by atoms with van der Waals surface area (Å²) in [6, 6.07) is 0.218. The second kappa shape index (κ2) is 5.81. The molecule has 0 saturated heterocycles. The number of nitrogens with one attached hydrogen (secondary N) is 1. The molecular formula is C11H20N2O. The highest BCUT2D eigenvalue weighted by molar-refractivity contribution is 4.97. The van der Waals surface area contributed by atoms with E-state index in [2.05, 4.69) is 31.1 Å². The van der Waals surface area contributed by atoms with Gasteiger partial charge in [0.15, 0.2) is 0 Å². The first-order chi connectivity index (χ1) is 6.77. The Labute approximate surface area is 85.9 Å². The standard InChI is InChI=1S/C11H20N2O/c1-4-6-7-10-8-13-11(14-10)9(3)12-5-2/h8-9,12H,4-7H2,1-3H3. The highest BCUT2D eigenvalue weighted by atomic mass is 16.4. The molecule has 0 spiro atoms. The number of hydrogen-bond donors (Lipinski definition) is 1. The van der Waals surface area contributed by atoms with E-state index >= 15 is 0 Å². The van der Waals surface area contributed by atoms with Crippen molar-refractivity contribution in [2.45, 2.75) is 46.1 Å². The molecule has 14 heavy (non-hydrogen) atoms. The molecule has 1 aromatic rings. The minimum Gasteiger partial charge on any atom is -0.444 e. The fraction of sp³-hybridized carbons (Fsp3) is 0.727. The summed E-state index contributed by atoms with van der Waals surface area (Å²) in [5.74, 6) is 1.81. The molecule has 0 aliphatic carbocycles. The van der Waals surface area contributed by atoms with Crippen LogP contribution in [0.3, 0.4) is 0 Å². The van der Waals surface area contributed by atoms with Crippen molar-refractivity contribution in [2.24, 2.45) is 0 Å². The molecule has 0 saturated carbocycles. The minimum atomic E-state index is 0.218. The van der Waals surface area contributed by atoms with Gasteiger partial charge in [-0.15, -0.1) is 0 Å². The molecule has 1 unspecified atom stereocenters. The third-order valence-corrected chi connectivity index (χ3v) is 2.23. The third-order valence-electron chi connectivity index (χ3n) is 2.23. The van der Waals surface area contributed by atoms with Crippen LogP contribution in [0.5, 0.6) is 0 Å². The molecule has 1 atom stereocenters. The molecule has 3 heteroatoms. The second-order valence-electron chi connectivity index (χ2n) is 3.55. The van der Waals surface area contributed by atoms with Gasteiger partial charge in [0.25, 0.3) is 0 Å². The average Bonchev–Trinajstić information content (AvgIpc) is 2.63. The van der Waals surface area contributed by atoms with Gasteiger partial charge in [0.05, 0.1) is 12.2 Å². The predicted molar refractivity (Wildman–Crippen MR) is 57.2 cm³/mol. The highest BCUT2D eigenvalue weighted by Crippen LogP contribution is 2.13. The first kappa shape index (κ1) is 11.2. The molecule has 1 rings (SSSR count). The number of rotatable bonds is 6. The van der Waals surface area contributed by atoms with Crippen LogP contribution in [0.15, 0.2) is 10.6 Å². The third kappa shape index (κ3) is 3.14. The van der Waals surface area contributed by atoms with Crippen molar-refractivity contribution < 1.29 is 4.42 Å². The van der Waals surface area contributed by atoms with Crippen LogP contribution >= 0.6 is 0 Å². The molecule has 0 fully saturated rings. The van der Waals surface area contributed by atoms with Crippen LogP contribution in [0.1, 0.15) is 51.3 Å². The predicted octanol–water partition coefficient (Wildman–Crippen LogP) is 2.69. The smallest absolute Gasteiger partial charge is 0.211 e. The zero-order valence-electron chi connectivity index (χ0n) is 9.34. The monoisotopic (exact) mass is 196 g/mol. The lowest BCUT2D eigenvalue weighted by Crippen LogP contribution is -2.17. The maximum absolute atomic E-state index is 5.63.